The number of aromatic nitrogens is 1. The van der Waals surface area contributed by atoms with Crippen LogP contribution in [0.2, 0.25) is 0 Å². The van der Waals surface area contributed by atoms with E-state index in [0.29, 0.717) is 0 Å². The minimum atomic E-state index is 0.717. The first-order valence-corrected chi connectivity index (χ1v) is 9.73. The lowest BCUT2D eigenvalue weighted by molar-refractivity contribution is 0.0342. The van der Waals surface area contributed by atoms with Crippen molar-refractivity contribution in [1.29, 1.82) is 0 Å². The van der Waals surface area contributed by atoms with Crippen molar-refractivity contribution in [2.24, 2.45) is 0 Å². The van der Waals surface area contributed by atoms with Gasteiger partial charge in [-0.2, -0.15) is 0 Å². The van der Waals surface area contributed by atoms with Crippen LogP contribution in [0.15, 0.2) is 42.5 Å². The second-order valence-corrected chi connectivity index (χ2v) is 6.95. The van der Waals surface area contributed by atoms with E-state index in [1.165, 1.54) is 0 Å². The highest BCUT2D eigenvalue weighted by Gasteiger charge is 2.20. The van der Waals surface area contributed by atoms with Gasteiger partial charge in [-0.1, -0.05) is 12.1 Å². The Morgan fingerprint density at radius 1 is 0.897 bits per heavy atom. The quantitative estimate of drug-likeness (QED) is 0.635. The van der Waals surface area contributed by atoms with Crippen LogP contribution in [0.1, 0.15) is 5.56 Å². The molecule has 29 heavy (non-hydrogen) atoms. The van der Waals surface area contributed by atoms with Gasteiger partial charge in [-0.3, -0.25) is 4.90 Å². The number of fused-ring (bicyclic) bond motifs is 1. The van der Waals surface area contributed by atoms with E-state index in [9.17, 15) is 0 Å². The first kappa shape index (κ1) is 19.5. The number of methoxy groups -OCH3 is 3. The van der Waals surface area contributed by atoms with Crippen LogP contribution in [-0.2, 0) is 11.3 Å². The molecule has 4 rings (SSSR count). The minimum absolute atomic E-state index is 0.717. The van der Waals surface area contributed by atoms with Crippen LogP contribution in [0, 0.1) is 0 Å². The van der Waals surface area contributed by atoms with Gasteiger partial charge in [0.1, 0.15) is 22.8 Å². The van der Waals surface area contributed by atoms with Crippen LogP contribution in [0.25, 0.3) is 22.2 Å². The average molecular weight is 394 g/mol. The SMILES string of the molecule is COc1ccccc1-c1nc2c(OC)ccc(OC)c2cc1CN1CCOCC1. The summed E-state index contributed by atoms with van der Waals surface area (Å²) in [6.07, 6.45) is 0. The van der Waals surface area contributed by atoms with Crippen LogP contribution in [0.3, 0.4) is 0 Å². The highest BCUT2D eigenvalue weighted by atomic mass is 16.5. The largest absolute Gasteiger partial charge is 0.496 e. The summed E-state index contributed by atoms with van der Waals surface area (Å²) < 4.78 is 22.3. The molecule has 0 spiro atoms. The second kappa shape index (κ2) is 8.68. The summed E-state index contributed by atoms with van der Waals surface area (Å²) in [5, 5.41) is 0.939. The summed E-state index contributed by atoms with van der Waals surface area (Å²) in [7, 11) is 5.02. The summed E-state index contributed by atoms with van der Waals surface area (Å²) in [5.74, 6) is 2.29. The molecular weight excluding hydrogens is 368 g/mol. The summed E-state index contributed by atoms with van der Waals surface area (Å²) in [4.78, 5) is 7.44. The van der Waals surface area contributed by atoms with Gasteiger partial charge in [0.25, 0.3) is 0 Å². The molecule has 6 nitrogen and oxygen atoms in total. The van der Waals surface area contributed by atoms with E-state index in [1.54, 1.807) is 21.3 Å². The lowest BCUT2D eigenvalue weighted by atomic mass is 10.0. The first-order chi connectivity index (χ1) is 14.2. The second-order valence-electron chi connectivity index (χ2n) is 6.95. The fraction of sp³-hybridized carbons (Fsp3) is 0.348. The number of rotatable bonds is 6. The molecule has 1 aliphatic heterocycles. The third kappa shape index (κ3) is 3.86. The Bertz CT molecular complexity index is 1000. The molecule has 0 N–H and O–H groups in total. The maximum atomic E-state index is 5.63. The van der Waals surface area contributed by atoms with Gasteiger partial charge >= 0.3 is 0 Å². The average Bonchev–Trinajstić information content (AvgIpc) is 2.78. The van der Waals surface area contributed by atoms with E-state index in [-0.39, 0.29) is 0 Å². The molecule has 2 aromatic carbocycles. The summed E-state index contributed by atoms with van der Waals surface area (Å²) in [6.45, 7) is 4.08. The van der Waals surface area contributed by atoms with Gasteiger partial charge in [0, 0.05) is 30.6 Å². The van der Waals surface area contributed by atoms with Crippen LogP contribution in [0.4, 0.5) is 0 Å². The van der Waals surface area contributed by atoms with Gasteiger partial charge in [0.15, 0.2) is 0 Å². The molecule has 0 bridgehead atoms. The van der Waals surface area contributed by atoms with E-state index in [1.807, 2.05) is 36.4 Å². The predicted octanol–water partition coefficient (Wildman–Crippen LogP) is 3.76. The third-order valence-electron chi connectivity index (χ3n) is 5.29. The third-order valence-corrected chi connectivity index (χ3v) is 5.29. The number of benzene rings is 2. The maximum absolute atomic E-state index is 5.63. The van der Waals surface area contributed by atoms with Crippen molar-refractivity contribution >= 4 is 10.9 Å². The number of pyridine rings is 1. The lowest BCUT2D eigenvalue weighted by Crippen LogP contribution is -2.35. The number of morpholine rings is 1. The Hall–Kier alpha value is -2.83. The topological polar surface area (TPSA) is 53.0 Å². The van der Waals surface area contributed by atoms with Crippen LogP contribution in [-0.4, -0.2) is 57.5 Å². The fourth-order valence-electron chi connectivity index (χ4n) is 3.79. The van der Waals surface area contributed by atoms with E-state index < -0.39 is 0 Å². The summed E-state index contributed by atoms with van der Waals surface area (Å²) in [5.41, 5.74) is 3.76. The molecule has 0 saturated carbocycles. The van der Waals surface area contributed by atoms with E-state index in [4.69, 9.17) is 23.9 Å². The molecule has 0 radical (unpaired) electrons. The molecule has 6 heteroatoms. The molecule has 0 unspecified atom stereocenters. The molecule has 3 aromatic rings. The molecule has 1 aromatic heterocycles. The van der Waals surface area contributed by atoms with Gasteiger partial charge in [0.2, 0.25) is 0 Å². The van der Waals surface area contributed by atoms with Gasteiger partial charge in [-0.05, 0) is 35.9 Å². The van der Waals surface area contributed by atoms with E-state index in [2.05, 4.69) is 11.0 Å². The molecule has 1 saturated heterocycles. The van der Waals surface area contributed by atoms with Crippen molar-refractivity contribution in [1.82, 2.24) is 9.88 Å². The molecule has 0 atom stereocenters. The van der Waals surface area contributed by atoms with Crippen molar-refractivity contribution in [2.45, 2.75) is 6.54 Å². The Kier molecular flexibility index (Phi) is 5.83. The van der Waals surface area contributed by atoms with Crippen molar-refractivity contribution in [3.05, 3.63) is 48.0 Å². The van der Waals surface area contributed by atoms with E-state index >= 15 is 0 Å². The van der Waals surface area contributed by atoms with Gasteiger partial charge < -0.3 is 18.9 Å². The Morgan fingerprint density at radius 2 is 1.59 bits per heavy atom. The summed E-state index contributed by atoms with van der Waals surface area (Å²) in [6, 6.07) is 14.0. The zero-order valence-electron chi connectivity index (χ0n) is 17.1. The Balaban J connectivity index is 1.93. The van der Waals surface area contributed by atoms with Crippen molar-refractivity contribution in [3.63, 3.8) is 0 Å². The number of hydrogen-bond acceptors (Lipinski definition) is 6. The Labute approximate surface area is 171 Å². The normalized spacial score (nSPS) is 14.7. The zero-order valence-corrected chi connectivity index (χ0v) is 17.1. The van der Waals surface area contributed by atoms with Crippen LogP contribution < -0.4 is 14.2 Å². The highest BCUT2D eigenvalue weighted by molar-refractivity contribution is 5.93. The Morgan fingerprint density at radius 3 is 2.31 bits per heavy atom. The van der Waals surface area contributed by atoms with Crippen LogP contribution in [0.5, 0.6) is 17.2 Å². The lowest BCUT2D eigenvalue weighted by Gasteiger charge is -2.27. The molecule has 1 aliphatic rings. The zero-order chi connectivity index (χ0) is 20.2. The van der Waals surface area contributed by atoms with Crippen LogP contribution >= 0.6 is 0 Å². The molecule has 2 heterocycles. The molecule has 0 amide bonds. The van der Waals surface area contributed by atoms with Crippen molar-refractivity contribution in [3.8, 4) is 28.5 Å². The summed E-state index contributed by atoms with van der Waals surface area (Å²) >= 11 is 0. The number of hydrogen-bond donors (Lipinski definition) is 0. The fourth-order valence-corrected chi connectivity index (χ4v) is 3.79. The molecule has 0 aliphatic carbocycles. The highest BCUT2D eigenvalue weighted by Crippen LogP contribution is 2.38. The minimum Gasteiger partial charge on any atom is -0.496 e. The van der Waals surface area contributed by atoms with Gasteiger partial charge in [-0.25, -0.2) is 4.98 Å². The molecule has 152 valence electrons. The predicted molar refractivity (Wildman–Crippen MR) is 113 cm³/mol. The van der Waals surface area contributed by atoms with Crippen molar-refractivity contribution in [2.75, 3.05) is 47.6 Å². The smallest absolute Gasteiger partial charge is 0.145 e. The standard InChI is InChI=1S/C23H26N2O4/c1-26-19-7-5-4-6-17(19)22-16(15-25-10-12-29-13-11-25)14-18-20(27-2)8-9-21(28-3)23(18)24-22/h4-9,14H,10-13,15H2,1-3H3. The number of ether oxygens (including phenoxy) is 4. The number of para-hydroxylation sites is 1. The molecular formula is C23H26N2O4. The van der Waals surface area contributed by atoms with Gasteiger partial charge in [0.05, 0.1) is 40.2 Å². The monoisotopic (exact) mass is 394 g/mol. The van der Waals surface area contributed by atoms with E-state index in [0.717, 1.165) is 77.8 Å². The first-order valence-electron chi connectivity index (χ1n) is 9.73. The van der Waals surface area contributed by atoms with Gasteiger partial charge in [-0.15, -0.1) is 0 Å². The number of nitrogens with zero attached hydrogens (tertiary/aromatic N) is 2. The van der Waals surface area contributed by atoms with Crippen molar-refractivity contribution < 1.29 is 18.9 Å². The molecule has 1 fully saturated rings. The maximum Gasteiger partial charge on any atom is 0.145 e.